The Bertz CT molecular complexity index is 1080. The topological polar surface area (TPSA) is 60.5 Å². The highest BCUT2D eigenvalue weighted by Gasteiger charge is 2.21. The van der Waals surface area contributed by atoms with Crippen molar-refractivity contribution in [3.8, 4) is 22.8 Å². The minimum atomic E-state index is -0.0975. The summed E-state index contributed by atoms with van der Waals surface area (Å²) >= 11 is 6.24. The number of rotatable bonds is 5. The molecule has 1 fully saturated rings. The van der Waals surface area contributed by atoms with Gasteiger partial charge in [-0.25, -0.2) is 4.98 Å². The fraction of sp³-hybridized carbons (Fsp3) is 0.333. The number of aromatic nitrogens is 1. The van der Waals surface area contributed by atoms with Crippen LogP contribution in [-0.2, 0) is 0 Å². The van der Waals surface area contributed by atoms with Crippen LogP contribution in [0.3, 0.4) is 0 Å². The zero-order chi connectivity index (χ0) is 21.1. The van der Waals surface area contributed by atoms with Gasteiger partial charge in [0.25, 0.3) is 5.91 Å². The summed E-state index contributed by atoms with van der Waals surface area (Å²) in [5.74, 6) is 1.26. The Balaban J connectivity index is 1.83. The van der Waals surface area contributed by atoms with Crippen molar-refractivity contribution < 1.29 is 14.3 Å². The summed E-state index contributed by atoms with van der Waals surface area (Å²) in [6.45, 7) is 0. The first kappa shape index (κ1) is 20.5. The maximum absolute atomic E-state index is 13.3. The molecule has 1 aliphatic carbocycles. The minimum Gasteiger partial charge on any atom is -0.497 e. The molecule has 1 heterocycles. The van der Waals surface area contributed by atoms with Crippen molar-refractivity contribution >= 4 is 28.4 Å². The summed E-state index contributed by atoms with van der Waals surface area (Å²) in [6.07, 6.45) is 5.58. The predicted octanol–water partition coefficient (Wildman–Crippen LogP) is 5.63. The largest absolute Gasteiger partial charge is 0.497 e. The van der Waals surface area contributed by atoms with Crippen molar-refractivity contribution in [1.82, 2.24) is 10.3 Å². The lowest BCUT2D eigenvalue weighted by Crippen LogP contribution is -2.36. The van der Waals surface area contributed by atoms with Gasteiger partial charge in [0.05, 0.1) is 31.0 Å². The molecule has 1 N–H and O–H groups in total. The number of nitrogens with one attached hydrogen (secondary N) is 1. The fourth-order valence-electron chi connectivity index (χ4n) is 4.05. The van der Waals surface area contributed by atoms with Crippen LogP contribution in [0.2, 0.25) is 5.02 Å². The molecular formula is C24H25ClN2O3. The fourth-order valence-corrected chi connectivity index (χ4v) is 4.22. The Morgan fingerprint density at radius 1 is 1.03 bits per heavy atom. The van der Waals surface area contributed by atoms with Gasteiger partial charge in [-0.1, -0.05) is 30.9 Å². The van der Waals surface area contributed by atoms with Gasteiger partial charge in [0.1, 0.15) is 11.5 Å². The maximum atomic E-state index is 13.3. The lowest BCUT2D eigenvalue weighted by atomic mass is 9.95. The lowest BCUT2D eigenvalue weighted by Gasteiger charge is -2.23. The first-order valence-electron chi connectivity index (χ1n) is 10.2. The number of fused-ring (bicyclic) bond motifs is 1. The molecule has 0 unspecified atom stereocenters. The van der Waals surface area contributed by atoms with Crippen LogP contribution in [0.25, 0.3) is 22.2 Å². The number of ether oxygens (including phenoxy) is 2. The quantitative estimate of drug-likeness (QED) is 0.576. The van der Waals surface area contributed by atoms with Gasteiger partial charge in [-0.2, -0.15) is 0 Å². The summed E-state index contributed by atoms with van der Waals surface area (Å²) in [7, 11) is 3.23. The molecule has 5 nitrogen and oxygen atoms in total. The van der Waals surface area contributed by atoms with Crippen molar-refractivity contribution in [2.75, 3.05) is 14.2 Å². The average Bonchev–Trinajstić information content (AvgIpc) is 2.78. The van der Waals surface area contributed by atoms with Crippen LogP contribution < -0.4 is 14.8 Å². The van der Waals surface area contributed by atoms with E-state index < -0.39 is 0 Å². The molecule has 4 rings (SSSR count). The molecule has 1 aliphatic rings. The smallest absolute Gasteiger partial charge is 0.252 e. The molecule has 156 valence electrons. The third-order valence-corrected chi connectivity index (χ3v) is 5.87. The first-order chi connectivity index (χ1) is 14.6. The molecule has 1 aromatic heterocycles. The van der Waals surface area contributed by atoms with Crippen molar-refractivity contribution in [3.05, 3.63) is 53.1 Å². The molecule has 6 heteroatoms. The number of hydrogen-bond acceptors (Lipinski definition) is 4. The Morgan fingerprint density at radius 3 is 2.57 bits per heavy atom. The Labute approximate surface area is 181 Å². The van der Waals surface area contributed by atoms with E-state index >= 15 is 0 Å². The lowest BCUT2D eigenvalue weighted by molar-refractivity contribution is 0.0929. The predicted molar refractivity (Wildman–Crippen MR) is 120 cm³/mol. The van der Waals surface area contributed by atoms with E-state index in [9.17, 15) is 4.79 Å². The molecule has 0 aliphatic heterocycles. The van der Waals surface area contributed by atoms with Crippen molar-refractivity contribution in [3.63, 3.8) is 0 Å². The molecule has 1 amide bonds. The van der Waals surface area contributed by atoms with Crippen LogP contribution in [-0.4, -0.2) is 31.2 Å². The SMILES string of the molecule is COc1ccc(OC)c(-c2cc(C(=O)NC3CCCCC3)c3cc(Cl)ccc3n2)c1. The Morgan fingerprint density at radius 2 is 1.83 bits per heavy atom. The molecule has 3 aromatic rings. The van der Waals surface area contributed by atoms with Gasteiger partial charge in [-0.15, -0.1) is 0 Å². The summed E-state index contributed by atoms with van der Waals surface area (Å²) in [4.78, 5) is 18.0. The monoisotopic (exact) mass is 424 g/mol. The molecular weight excluding hydrogens is 400 g/mol. The van der Waals surface area contributed by atoms with E-state index in [1.165, 1.54) is 6.42 Å². The van der Waals surface area contributed by atoms with Crippen molar-refractivity contribution in [2.24, 2.45) is 0 Å². The van der Waals surface area contributed by atoms with E-state index in [4.69, 9.17) is 26.1 Å². The van der Waals surface area contributed by atoms with Gasteiger partial charge in [0, 0.05) is 22.0 Å². The molecule has 0 saturated heterocycles. The standard InChI is InChI=1S/C24H25ClN2O3/c1-29-17-9-11-23(30-2)20(13-17)22-14-19(18-12-15(25)8-10-21(18)27-22)24(28)26-16-6-4-3-5-7-16/h8-14,16H,3-7H2,1-2H3,(H,26,28). The van der Waals surface area contributed by atoms with Crippen LogP contribution in [0.4, 0.5) is 0 Å². The maximum Gasteiger partial charge on any atom is 0.252 e. The molecule has 0 bridgehead atoms. The van der Waals surface area contributed by atoms with Gasteiger partial charge in [-0.05, 0) is 55.3 Å². The van der Waals surface area contributed by atoms with Crippen LogP contribution in [0.5, 0.6) is 11.5 Å². The normalized spacial score (nSPS) is 14.5. The van der Waals surface area contributed by atoms with E-state index in [1.807, 2.05) is 30.3 Å². The van der Waals surface area contributed by atoms with Gasteiger partial charge in [-0.3, -0.25) is 4.79 Å². The number of carbonyl (C=O) groups is 1. The van der Waals surface area contributed by atoms with Crippen LogP contribution in [0.15, 0.2) is 42.5 Å². The second-order valence-electron chi connectivity index (χ2n) is 7.59. The Kier molecular flexibility index (Phi) is 6.09. The zero-order valence-electron chi connectivity index (χ0n) is 17.2. The molecule has 2 aromatic carbocycles. The molecule has 0 spiro atoms. The summed E-state index contributed by atoms with van der Waals surface area (Å²) in [5, 5.41) is 4.52. The van der Waals surface area contributed by atoms with E-state index in [0.29, 0.717) is 33.3 Å². The highest BCUT2D eigenvalue weighted by Crippen LogP contribution is 2.35. The third-order valence-electron chi connectivity index (χ3n) is 5.64. The van der Waals surface area contributed by atoms with Crippen LogP contribution in [0, 0.1) is 0 Å². The van der Waals surface area contributed by atoms with Crippen molar-refractivity contribution in [2.45, 2.75) is 38.1 Å². The number of benzene rings is 2. The van der Waals surface area contributed by atoms with Crippen molar-refractivity contribution in [1.29, 1.82) is 0 Å². The van der Waals surface area contributed by atoms with E-state index in [2.05, 4.69) is 5.32 Å². The van der Waals surface area contributed by atoms with Gasteiger partial charge < -0.3 is 14.8 Å². The first-order valence-corrected chi connectivity index (χ1v) is 10.6. The average molecular weight is 425 g/mol. The molecule has 0 radical (unpaired) electrons. The van der Waals surface area contributed by atoms with Gasteiger partial charge >= 0.3 is 0 Å². The van der Waals surface area contributed by atoms with E-state index in [-0.39, 0.29) is 11.9 Å². The molecule has 0 atom stereocenters. The number of pyridine rings is 1. The summed E-state index contributed by atoms with van der Waals surface area (Å²) < 4.78 is 10.9. The minimum absolute atomic E-state index is 0.0975. The number of amides is 1. The number of nitrogens with zero attached hydrogens (tertiary/aromatic N) is 1. The molecule has 30 heavy (non-hydrogen) atoms. The third kappa shape index (κ3) is 4.21. The van der Waals surface area contributed by atoms with Crippen LogP contribution in [0.1, 0.15) is 42.5 Å². The van der Waals surface area contributed by atoms with Crippen LogP contribution >= 0.6 is 11.6 Å². The highest BCUT2D eigenvalue weighted by atomic mass is 35.5. The number of halogens is 1. The summed E-state index contributed by atoms with van der Waals surface area (Å²) in [6, 6.07) is 13.0. The number of methoxy groups -OCH3 is 2. The summed E-state index contributed by atoms with van der Waals surface area (Å²) in [5.41, 5.74) is 2.68. The van der Waals surface area contributed by atoms with E-state index in [0.717, 1.165) is 36.6 Å². The van der Waals surface area contributed by atoms with Gasteiger partial charge in [0.2, 0.25) is 0 Å². The number of carbonyl (C=O) groups excluding carboxylic acids is 1. The highest BCUT2D eigenvalue weighted by molar-refractivity contribution is 6.31. The van der Waals surface area contributed by atoms with Gasteiger partial charge in [0.15, 0.2) is 0 Å². The zero-order valence-corrected chi connectivity index (χ0v) is 18.0. The van der Waals surface area contributed by atoms with E-state index in [1.54, 1.807) is 26.4 Å². The number of hydrogen-bond donors (Lipinski definition) is 1. The molecule has 1 saturated carbocycles. The Hall–Kier alpha value is -2.79. The second-order valence-corrected chi connectivity index (χ2v) is 8.03. The second kappa shape index (κ2) is 8.92.